The van der Waals surface area contributed by atoms with Crippen molar-refractivity contribution >= 4 is 28.5 Å². The second kappa shape index (κ2) is 8.72. The topological polar surface area (TPSA) is 66.9 Å². The third-order valence-corrected chi connectivity index (χ3v) is 4.74. The van der Waals surface area contributed by atoms with Gasteiger partial charge in [-0.2, -0.15) is 0 Å². The van der Waals surface area contributed by atoms with Crippen molar-refractivity contribution in [1.82, 2.24) is 14.9 Å². The third-order valence-electron chi connectivity index (χ3n) is 4.37. The van der Waals surface area contributed by atoms with Crippen LogP contribution in [0.3, 0.4) is 0 Å². The molecule has 0 atom stereocenters. The summed E-state index contributed by atoms with van der Waals surface area (Å²) in [6.07, 6.45) is 2.73. The molecule has 0 aliphatic carbocycles. The Balaban J connectivity index is 1.39. The maximum absolute atomic E-state index is 12.0. The quantitative estimate of drug-likeness (QED) is 0.595. The van der Waals surface area contributed by atoms with Crippen LogP contribution in [0.2, 0.25) is 5.02 Å². The van der Waals surface area contributed by atoms with E-state index in [1.54, 1.807) is 4.57 Å². The number of nitrogens with one attached hydrogen (secondary N) is 2. The van der Waals surface area contributed by atoms with Crippen molar-refractivity contribution in [2.45, 2.75) is 32.2 Å². The van der Waals surface area contributed by atoms with Crippen LogP contribution in [0.1, 0.15) is 24.8 Å². The molecule has 5 nitrogen and oxygen atoms in total. The Morgan fingerprint density at radius 1 is 1.08 bits per heavy atom. The molecule has 0 bridgehead atoms. The monoisotopic (exact) mass is 371 g/mol. The fourth-order valence-corrected chi connectivity index (χ4v) is 3.25. The van der Waals surface area contributed by atoms with Gasteiger partial charge in [0, 0.05) is 24.5 Å². The highest BCUT2D eigenvalue weighted by Gasteiger charge is 2.06. The molecule has 136 valence electrons. The van der Waals surface area contributed by atoms with Gasteiger partial charge in [-0.1, -0.05) is 41.9 Å². The number of imidazole rings is 1. The van der Waals surface area contributed by atoms with Gasteiger partial charge in [0.15, 0.2) is 0 Å². The summed E-state index contributed by atoms with van der Waals surface area (Å²) in [5.74, 6) is 0.0309. The summed E-state index contributed by atoms with van der Waals surface area (Å²) in [6, 6.07) is 15.3. The van der Waals surface area contributed by atoms with Crippen LogP contribution in [0.4, 0.5) is 0 Å². The zero-order valence-corrected chi connectivity index (χ0v) is 15.3. The molecule has 0 aliphatic rings. The fraction of sp³-hybridized carbons (Fsp3) is 0.300. The van der Waals surface area contributed by atoms with Crippen molar-refractivity contribution in [3.63, 3.8) is 0 Å². The Labute approximate surface area is 157 Å². The number of fused-ring (bicyclic) bond motifs is 1. The summed E-state index contributed by atoms with van der Waals surface area (Å²) in [4.78, 5) is 26.8. The number of benzene rings is 2. The SMILES string of the molecule is O=C(CCCc1ccccc1Cl)NCCCn1c(=O)[nH]c2ccccc21. The lowest BCUT2D eigenvalue weighted by Gasteiger charge is -2.07. The molecule has 0 aliphatic heterocycles. The molecule has 26 heavy (non-hydrogen) atoms. The number of halogens is 1. The Hall–Kier alpha value is -2.53. The van der Waals surface area contributed by atoms with Crippen LogP contribution in [-0.4, -0.2) is 22.0 Å². The van der Waals surface area contributed by atoms with Crippen LogP contribution >= 0.6 is 11.6 Å². The molecule has 3 aromatic rings. The van der Waals surface area contributed by atoms with E-state index in [0.717, 1.165) is 34.5 Å². The highest BCUT2D eigenvalue weighted by molar-refractivity contribution is 6.31. The van der Waals surface area contributed by atoms with Crippen LogP contribution in [0.25, 0.3) is 11.0 Å². The zero-order chi connectivity index (χ0) is 18.4. The molecule has 0 fully saturated rings. The summed E-state index contributed by atoms with van der Waals surface area (Å²) >= 11 is 6.11. The average Bonchev–Trinajstić information content (AvgIpc) is 2.96. The highest BCUT2D eigenvalue weighted by atomic mass is 35.5. The molecule has 0 saturated heterocycles. The number of para-hydroxylation sites is 2. The molecule has 0 spiro atoms. The molecule has 6 heteroatoms. The number of aromatic nitrogens is 2. The van der Waals surface area contributed by atoms with Crippen molar-refractivity contribution in [3.05, 3.63) is 69.6 Å². The fourth-order valence-electron chi connectivity index (χ4n) is 3.02. The minimum Gasteiger partial charge on any atom is -0.356 e. The maximum atomic E-state index is 12.0. The Morgan fingerprint density at radius 2 is 1.85 bits per heavy atom. The molecule has 2 aromatic carbocycles. The van der Waals surface area contributed by atoms with Crippen molar-refractivity contribution in [2.24, 2.45) is 0 Å². The number of amides is 1. The van der Waals surface area contributed by atoms with Crippen LogP contribution < -0.4 is 11.0 Å². The van der Waals surface area contributed by atoms with Crippen LogP contribution in [0, 0.1) is 0 Å². The first-order valence-electron chi connectivity index (χ1n) is 8.83. The van der Waals surface area contributed by atoms with Crippen molar-refractivity contribution in [1.29, 1.82) is 0 Å². The number of H-pyrrole nitrogens is 1. The van der Waals surface area contributed by atoms with E-state index in [1.165, 1.54) is 0 Å². The molecule has 0 radical (unpaired) electrons. The van der Waals surface area contributed by atoms with Gasteiger partial charge in [-0.3, -0.25) is 9.36 Å². The predicted octanol–water partition coefficient (Wildman–Crippen LogP) is 3.51. The van der Waals surface area contributed by atoms with Gasteiger partial charge in [0.05, 0.1) is 11.0 Å². The van der Waals surface area contributed by atoms with Gasteiger partial charge < -0.3 is 10.3 Å². The van der Waals surface area contributed by atoms with E-state index in [9.17, 15) is 9.59 Å². The third kappa shape index (κ3) is 4.55. The van der Waals surface area contributed by atoms with Gasteiger partial charge in [0.2, 0.25) is 5.91 Å². The second-order valence-corrected chi connectivity index (χ2v) is 6.65. The maximum Gasteiger partial charge on any atom is 0.326 e. The first-order chi connectivity index (χ1) is 12.6. The van der Waals surface area contributed by atoms with E-state index in [2.05, 4.69) is 10.3 Å². The smallest absolute Gasteiger partial charge is 0.326 e. The number of carbonyl (C=O) groups is 1. The lowest BCUT2D eigenvalue weighted by Crippen LogP contribution is -2.26. The summed E-state index contributed by atoms with van der Waals surface area (Å²) < 4.78 is 1.71. The van der Waals surface area contributed by atoms with Crippen LogP contribution in [-0.2, 0) is 17.8 Å². The number of carbonyl (C=O) groups excluding carboxylic acids is 1. The number of hydrogen-bond acceptors (Lipinski definition) is 2. The number of aromatic amines is 1. The molecule has 1 aromatic heterocycles. The molecule has 3 rings (SSSR count). The Kier molecular flexibility index (Phi) is 6.12. The van der Waals surface area contributed by atoms with Gasteiger partial charge in [-0.05, 0) is 43.0 Å². The number of hydrogen-bond donors (Lipinski definition) is 2. The van der Waals surface area contributed by atoms with Crippen molar-refractivity contribution < 1.29 is 4.79 Å². The summed E-state index contributed by atoms with van der Waals surface area (Å²) in [7, 11) is 0. The summed E-state index contributed by atoms with van der Waals surface area (Å²) in [5, 5.41) is 3.66. The average molecular weight is 372 g/mol. The van der Waals surface area contributed by atoms with Crippen molar-refractivity contribution in [2.75, 3.05) is 6.54 Å². The molecule has 2 N–H and O–H groups in total. The molecule has 1 amide bonds. The van der Waals surface area contributed by atoms with E-state index >= 15 is 0 Å². The van der Waals surface area contributed by atoms with E-state index < -0.39 is 0 Å². The standard InChI is InChI=1S/C20H22ClN3O2/c21-16-9-2-1-7-15(16)8-5-12-19(25)22-13-6-14-24-18-11-4-3-10-17(18)23-20(24)26/h1-4,7,9-11H,5-6,8,12-14H2,(H,22,25)(H,23,26). The van der Waals surface area contributed by atoms with Gasteiger partial charge in [-0.15, -0.1) is 0 Å². The van der Waals surface area contributed by atoms with E-state index in [1.807, 2.05) is 48.5 Å². The van der Waals surface area contributed by atoms with Gasteiger partial charge in [0.25, 0.3) is 0 Å². The normalized spacial score (nSPS) is 11.0. The lowest BCUT2D eigenvalue weighted by atomic mass is 10.1. The first kappa shape index (κ1) is 18.3. The molecule has 0 saturated carbocycles. The predicted molar refractivity (Wildman–Crippen MR) is 105 cm³/mol. The largest absolute Gasteiger partial charge is 0.356 e. The molecular formula is C20H22ClN3O2. The number of nitrogens with zero attached hydrogens (tertiary/aromatic N) is 1. The molecule has 1 heterocycles. The second-order valence-electron chi connectivity index (χ2n) is 6.25. The van der Waals surface area contributed by atoms with Gasteiger partial charge in [-0.25, -0.2) is 4.79 Å². The highest BCUT2D eigenvalue weighted by Crippen LogP contribution is 2.17. The minimum atomic E-state index is -0.114. The van der Waals surface area contributed by atoms with Crippen LogP contribution in [0.5, 0.6) is 0 Å². The summed E-state index contributed by atoms with van der Waals surface area (Å²) in [5.41, 5.74) is 2.68. The molecule has 0 unspecified atom stereocenters. The lowest BCUT2D eigenvalue weighted by molar-refractivity contribution is -0.121. The number of aryl methyl sites for hydroxylation is 2. The number of rotatable bonds is 8. The Bertz CT molecular complexity index is 945. The first-order valence-corrected chi connectivity index (χ1v) is 9.20. The van der Waals surface area contributed by atoms with Gasteiger partial charge in [0.1, 0.15) is 0 Å². The summed E-state index contributed by atoms with van der Waals surface area (Å²) in [6.45, 7) is 1.12. The molecular weight excluding hydrogens is 350 g/mol. The van der Waals surface area contributed by atoms with Crippen molar-refractivity contribution in [3.8, 4) is 0 Å². The van der Waals surface area contributed by atoms with E-state index in [4.69, 9.17) is 11.6 Å². The zero-order valence-electron chi connectivity index (χ0n) is 14.5. The van der Waals surface area contributed by atoms with E-state index in [-0.39, 0.29) is 11.6 Å². The van der Waals surface area contributed by atoms with E-state index in [0.29, 0.717) is 25.9 Å². The minimum absolute atomic E-state index is 0.0309. The van der Waals surface area contributed by atoms with Crippen LogP contribution in [0.15, 0.2) is 53.3 Å². The Morgan fingerprint density at radius 3 is 2.69 bits per heavy atom. The van der Waals surface area contributed by atoms with Gasteiger partial charge >= 0.3 is 5.69 Å².